The molecule has 0 fully saturated rings. The van der Waals surface area contributed by atoms with E-state index in [1.807, 2.05) is 0 Å². The van der Waals surface area contributed by atoms with E-state index in [9.17, 15) is 0 Å². The molecule has 2 N–H and O–H groups in total. The average Bonchev–Trinajstić information content (AvgIpc) is 2.39. The number of hydrogen-bond acceptors (Lipinski definition) is 1. The third kappa shape index (κ3) is 2.28. The third-order valence-corrected chi connectivity index (χ3v) is 4.08. The Morgan fingerprint density at radius 1 is 1.00 bits per heavy atom. The summed E-state index contributed by atoms with van der Waals surface area (Å²) in [4.78, 5) is 0. The zero-order valence-electron chi connectivity index (χ0n) is 11.6. The summed E-state index contributed by atoms with van der Waals surface area (Å²) in [6.07, 6.45) is 2.28. The summed E-state index contributed by atoms with van der Waals surface area (Å²) in [5.41, 5.74) is 9.18. The number of fused-ring (bicyclic) bond motifs is 1. The molecule has 0 aliphatic heterocycles. The first-order valence-electron chi connectivity index (χ1n) is 6.92. The van der Waals surface area contributed by atoms with E-state index in [4.69, 9.17) is 5.73 Å². The van der Waals surface area contributed by atoms with E-state index in [0.717, 1.165) is 12.8 Å². The minimum atomic E-state index is 0.145. The normalized spacial score (nSPS) is 13.2. The molecular formula is C17H23N. The van der Waals surface area contributed by atoms with Crippen LogP contribution in [0.15, 0.2) is 36.4 Å². The fourth-order valence-corrected chi connectivity index (χ4v) is 2.88. The molecule has 2 aromatic rings. The lowest BCUT2D eigenvalue weighted by Gasteiger charge is -2.24. The van der Waals surface area contributed by atoms with Crippen molar-refractivity contribution in [1.82, 2.24) is 0 Å². The lowest BCUT2D eigenvalue weighted by molar-refractivity contribution is 0.406. The Hall–Kier alpha value is -1.34. The maximum absolute atomic E-state index is 6.53. The SMILES string of the molecule is CCC(CC)C(N)c1c(C)ccc2ccccc12. The Balaban J connectivity index is 2.58. The summed E-state index contributed by atoms with van der Waals surface area (Å²) in [5, 5.41) is 2.61. The topological polar surface area (TPSA) is 26.0 Å². The molecular weight excluding hydrogens is 218 g/mol. The van der Waals surface area contributed by atoms with E-state index in [1.165, 1.54) is 21.9 Å². The highest BCUT2D eigenvalue weighted by molar-refractivity contribution is 5.87. The minimum Gasteiger partial charge on any atom is -0.324 e. The van der Waals surface area contributed by atoms with Gasteiger partial charge in [0.15, 0.2) is 0 Å². The minimum absolute atomic E-state index is 0.145. The molecule has 0 saturated carbocycles. The molecule has 1 atom stereocenters. The van der Waals surface area contributed by atoms with Crippen molar-refractivity contribution in [3.05, 3.63) is 47.5 Å². The molecule has 2 aromatic carbocycles. The van der Waals surface area contributed by atoms with Gasteiger partial charge in [-0.1, -0.05) is 63.1 Å². The zero-order chi connectivity index (χ0) is 13.1. The Bertz CT molecular complexity index is 526. The van der Waals surface area contributed by atoms with Crippen LogP contribution in [0.3, 0.4) is 0 Å². The molecule has 18 heavy (non-hydrogen) atoms. The van der Waals surface area contributed by atoms with Gasteiger partial charge in [0.05, 0.1) is 0 Å². The summed E-state index contributed by atoms with van der Waals surface area (Å²) in [5.74, 6) is 0.564. The number of benzene rings is 2. The van der Waals surface area contributed by atoms with Crippen molar-refractivity contribution < 1.29 is 0 Å². The number of aryl methyl sites for hydroxylation is 1. The summed E-state index contributed by atoms with van der Waals surface area (Å²) >= 11 is 0. The molecule has 1 nitrogen and oxygen atoms in total. The van der Waals surface area contributed by atoms with Crippen LogP contribution in [0.2, 0.25) is 0 Å². The van der Waals surface area contributed by atoms with E-state index in [1.54, 1.807) is 0 Å². The van der Waals surface area contributed by atoms with Gasteiger partial charge in [-0.25, -0.2) is 0 Å². The van der Waals surface area contributed by atoms with Crippen LogP contribution in [-0.4, -0.2) is 0 Å². The lowest BCUT2D eigenvalue weighted by Crippen LogP contribution is -2.21. The van der Waals surface area contributed by atoms with Crippen LogP contribution in [0.4, 0.5) is 0 Å². The third-order valence-electron chi connectivity index (χ3n) is 4.08. The first-order chi connectivity index (χ1) is 8.69. The molecule has 96 valence electrons. The van der Waals surface area contributed by atoms with Crippen molar-refractivity contribution >= 4 is 10.8 Å². The predicted octanol–water partition coefficient (Wildman–Crippen LogP) is 4.58. The van der Waals surface area contributed by atoms with Crippen LogP contribution >= 0.6 is 0 Å². The largest absolute Gasteiger partial charge is 0.324 e. The highest BCUT2D eigenvalue weighted by Gasteiger charge is 2.19. The second-order valence-corrected chi connectivity index (χ2v) is 5.12. The van der Waals surface area contributed by atoms with E-state index < -0.39 is 0 Å². The van der Waals surface area contributed by atoms with Gasteiger partial charge in [-0.3, -0.25) is 0 Å². The van der Waals surface area contributed by atoms with Gasteiger partial charge < -0.3 is 5.73 Å². The quantitative estimate of drug-likeness (QED) is 0.832. The predicted molar refractivity (Wildman–Crippen MR) is 79.7 cm³/mol. The van der Waals surface area contributed by atoms with Gasteiger partial charge in [0.25, 0.3) is 0 Å². The molecule has 0 aromatic heterocycles. The Kier molecular flexibility index (Phi) is 4.03. The second kappa shape index (κ2) is 5.53. The fraction of sp³-hybridized carbons (Fsp3) is 0.412. The van der Waals surface area contributed by atoms with Gasteiger partial charge >= 0.3 is 0 Å². The molecule has 0 aliphatic rings. The molecule has 0 radical (unpaired) electrons. The number of rotatable bonds is 4. The van der Waals surface area contributed by atoms with Crippen LogP contribution in [-0.2, 0) is 0 Å². The monoisotopic (exact) mass is 241 g/mol. The van der Waals surface area contributed by atoms with Crippen molar-refractivity contribution in [2.45, 2.75) is 39.7 Å². The highest BCUT2D eigenvalue weighted by atomic mass is 14.7. The van der Waals surface area contributed by atoms with Crippen molar-refractivity contribution in [3.8, 4) is 0 Å². The van der Waals surface area contributed by atoms with E-state index in [2.05, 4.69) is 57.2 Å². The maximum atomic E-state index is 6.53. The zero-order valence-corrected chi connectivity index (χ0v) is 11.6. The summed E-state index contributed by atoms with van der Waals surface area (Å²) < 4.78 is 0. The van der Waals surface area contributed by atoms with Gasteiger partial charge in [0.2, 0.25) is 0 Å². The smallest absolute Gasteiger partial charge is 0.0332 e. The molecule has 1 unspecified atom stereocenters. The first kappa shape index (κ1) is 13.1. The van der Waals surface area contributed by atoms with E-state index in [0.29, 0.717) is 5.92 Å². The molecule has 0 heterocycles. The van der Waals surface area contributed by atoms with Crippen LogP contribution in [0.1, 0.15) is 43.9 Å². The van der Waals surface area contributed by atoms with Crippen LogP contribution in [0, 0.1) is 12.8 Å². The number of nitrogens with two attached hydrogens (primary N) is 1. The first-order valence-corrected chi connectivity index (χ1v) is 6.92. The molecule has 2 rings (SSSR count). The van der Waals surface area contributed by atoms with Gasteiger partial charge in [-0.15, -0.1) is 0 Å². The highest BCUT2D eigenvalue weighted by Crippen LogP contribution is 2.32. The Morgan fingerprint density at radius 2 is 1.67 bits per heavy atom. The second-order valence-electron chi connectivity index (χ2n) is 5.12. The summed E-state index contributed by atoms with van der Waals surface area (Å²) in [7, 11) is 0. The van der Waals surface area contributed by atoms with Gasteiger partial charge in [-0.05, 0) is 34.7 Å². The van der Waals surface area contributed by atoms with E-state index >= 15 is 0 Å². The standard InChI is InChI=1S/C17H23N/c1-4-13(5-2)17(18)16-12(3)10-11-14-8-6-7-9-15(14)16/h6-11,13,17H,4-5,18H2,1-3H3. The van der Waals surface area contributed by atoms with Crippen molar-refractivity contribution in [2.24, 2.45) is 11.7 Å². The Morgan fingerprint density at radius 3 is 2.33 bits per heavy atom. The van der Waals surface area contributed by atoms with E-state index in [-0.39, 0.29) is 6.04 Å². The number of hydrogen-bond donors (Lipinski definition) is 1. The van der Waals surface area contributed by atoms with Crippen LogP contribution in [0.5, 0.6) is 0 Å². The lowest BCUT2D eigenvalue weighted by atomic mass is 9.85. The van der Waals surface area contributed by atoms with Gasteiger partial charge in [0, 0.05) is 6.04 Å². The van der Waals surface area contributed by atoms with Crippen molar-refractivity contribution in [3.63, 3.8) is 0 Å². The maximum Gasteiger partial charge on any atom is 0.0332 e. The summed E-state index contributed by atoms with van der Waals surface area (Å²) in [6, 6.07) is 13.1. The van der Waals surface area contributed by atoms with Gasteiger partial charge in [-0.2, -0.15) is 0 Å². The van der Waals surface area contributed by atoms with Crippen LogP contribution in [0.25, 0.3) is 10.8 Å². The van der Waals surface area contributed by atoms with Gasteiger partial charge in [0.1, 0.15) is 0 Å². The molecule has 0 spiro atoms. The molecule has 1 heteroatoms. The van der Waals surface area contributed by atoms with Crippen LogP contribution < -0.4 is 5.73 Å². The van der Waals surface area contributed by atoms with Crippen molar-refractivity contribution in [2.75, 3.05) is 0 Å². The fourth-order valence-electron chi connectivity index (χ4n) is 2.88. The molecule has 0 aliphatic carbocycles. The molecule has 0 amide bonds. The average molecular weight is 241 g/mol. The molecule has 0 saturated heterocycles. The summed E-state index contributed by atoms with van der Waals surface area (Å²) in [6.45, 7) is 6.63. The Labute approximate surface area is 110 Å². The molecule has 0 bridgehead atoms. The van der Waals surface area contributed by atoms with Crippen molar-refractivity contribution in [1.29, 1.82) is 0 Å².